The lowest BCUT2D eigenvalue weighted by atomic mass is 9.85. The second-order valence-corrected chi connectivity index (χ2v) is 9.43. The molecule has 2 aliphatic heterocycles. The number of rotatable bonds is 3. The molecular weight excluding hydrogens is 428 g/mol. The summed E-state index contributed by atoms with van der Waals surface area (Å²) in [6.07, 6.45) is 10.4. The molecule has 6 heteroatoms. The van der Waals surface area contributed by atoms with E-state index in [2.05, 4.69) is 0 Å². The fraction of sp³-hybridized carbons (Fsp3) is 0.286. The third-order valence-electron chi connectivity index (χ3n) is 7.60. The number of hydrogen-bond donors (Lipinski definition) is 0. The predicted molar refractivity (Wildman–Crippen MR) is 128 cm³/mol. The zero-order valence-corrected chi connectivity index (χ0v) is 18.6. The van der Waals surface area contributed by atoms with Gasteiger partial charge in [0.25, 0.3) is 0 Å². The highest BCUT2D eigenvalue weighted by Crippen LogP contribution is 2.39. The molecule has 0 N–H and O–H groups in total. The average Bonchev–Trinajstić information content (AvgIpc) is 3.29. The molecule has 2 fully saturated rings. The van der Waals surface area contributed by atoms with Gasteiger partial charge in [0, 0.05) is 0 Å². The third kappa shape index (κ3) is 3.09. The van der Waals surface area contributed by atoms with Gasteiger partial charge in [-0.25, -0.2) is 0 Å². The molecule has 2 aliphatic carbocycles. The van der Waals surface area contributed by atoms with Crippen LogP contribution in [0.1, 0.15) is 25.7 Å². The Morgan fingerprint density at radius 1 is 0.441 bits per heavy atom. The van der Waals surface area contributed by atoms with E-state index in [-0.39, 0.29) is 47.3 Å². The molecule has 6 rings (SSSR count). The van der Waals surface area contributed by atoms with E-state index in [1.165, 1.54) is 9.80 Å². The van der Waals surface area contributed by atoms with Crippen molar-refractivity contribution in [1.29, 1.82) is 0 Å². The summed E-state index contributed by atoms with van der Waals surface area (Å²) in [5, 5.41) is 0. The van der Waals surface area contributed by atoms with E-state index < -0.39 is 0 Å². The number of hydrogen-bond acceptors (Lipinski definition) is 4. The van der Waals surface area contributed by atoms with Crippen LogP contribution in [0.4, 0.5) is 11.4 Å². The maximum absolute atomic E-state index is 12.8. The van der Waals surface area contributed by atoms with Crippen molar-refractivity contribution in [2.75, 3.05) is 9.80 Å². The van der Waals surface area contributed by atoms with Gasteiger partial charge in [-0.3, -0.25) is 29.0 Å². The lowest BCUT2D eigenvalue weighted by Crippen LogP contribution is -2.30. The van der Waals surface area contributed by atoms with Crippen LogP contribution in [0.15, 0.2) is 72.8 Å². The molecule has 34 heavy (non-hydrogen) atoms. The van der Waals surface area contributed by atoms with E-state index >= 15 is 0 Å². The second-order valence-electron chi connectivity index (χ2n) is 9.43. The first-order valence-electron chi connectivity index (χ1n) is 11.8. The largest absolute Gasteiger partial charge is 0.274 e. The summed E-state index contributed by atoms with van der Waals surface area (Å²) >= 11 is 0. The fourth-order valence-corrected chi connectivity index (χ4v) is 5.72. The van der Waals surface area contributed by atoms with Gasteiger partial charge >= 0.3 is 0 Å². The van der Waals surface area contributed by atoms with Crippen molar-refractivity contribution in [3.63, 3.8) is 0 Å². The van der Waals surface area contributed by atoms with Crippen molar-refractivity contribution < 1.29 is 19.2 Å². The smallest absolute Gasteiger partial charge is 0.238 e. The standard InChI is InChI=1S/C28H24N2O4/c31-25-21-5-1-2-6-22(21)26(32)29(25)19-13-9-17(10-14-19)18-11-15-20(16-12-18)30-27(33)23-7-3-4-8-24(23)28(30)34/h1-4,9-16,21-24H,5-8H2/t21-,22+,23-,24+. The molecular formula is C28H24N2O4. The highest BCUT2D eigenvalue weighted by Gasteiger charge is 2.48. The lowest BCUT2D eigenvalue weighted by Gasteiger charge is -2.16. The van der Waals surface area contributed by atoms with Crippen molar-refractivity contribution in [2.24, 2.45) is 23.7 Å². The van der Waals surface area contributed by atoms with Crippen LogP contribution in [0.25, 0.3) is 11.1 Å². The molecule has 4 amide bonds. The van der Waals surface area contributed by atoms with Gasteiger partial charge in [-0.1, -0.05) is 48.6 Å². The van der Waals surface area contributed by atoms with E-state index in [0.717, 1.165) is 11.1 Å². The van der Waals surface area contributed by atoms with Crippen LogP contribution in [0, 0.1) is 23.7 Å². The van der Waals surface area contributed by atoms with Gasteiger partial charge in [-0.15, -0.1) is 0 Å². The molecule has 170 valence electrons. The van der Waals surface area contributed by atoms with Crippen molar-refractivity contribution in [3.05, 3.63) is 72.8 Å². The fourth-order valence-electron chi connectivity index (χ4n) is 5.72. The highest BCUT2D eigenvalue weighted by molar-refractivity contribution is 6.23. The minimum absolute atomic E-state index is 0.118. The highest BCUT2D eigenvalue weighted by atomic mass is 16.2. The maximum atomic E-state index is 12.8. The predicted octanol–water partition coefficient (Wildman–Crippen LogP) is 4.26. The average molecular weight is 453 g/mol. The van der Waals surface area contributed by atoms with Gasteiger partial charge in [0.1, 0.15) is 0 Å². The number of imide groups is 2. The van der Waals surface area contributed by atoms with E-state index in [4.69, 9.17) is 0 Å². The number of benzene rings is 2. The zero-order valence-electron chi connectivity index (χ0n) is 18.6. The van der Waals surface area contributed by atoms with Gasteiger partial charge in [0.2, 0.25) is 23.6 Å². The molecule has 2 aromatic carbocycles. The lowest BCUT2D eigenvalue weighted by molar-refractivity contribution is -0.124. The molecule has 0 radical (unpaired) electrons. The summed E-state index contributed by atoms with van der Waals surface area (Å²) in [5.41, 5.74) is 3.03. The summed E-state index contributed by atoms with van der Waals surface area (Å²) < 4.78 is 0. The van der Waals surface area contributed by atoms with Crippen molar-refractivity contribution in [1.82, 2.24) is 0 Å². The SMILES string of the molecule is O=C1[C@H]2CC=CC[C@H]2C(=O)N1c1ccc(-c2ccc(N3C(=O)[C@H]4CC=CC[C@H]4C3=O)cc2)cc1. The number of carbonyl (C=O) groups excluding carboxylic acids is 4. The molecule has 4 atom stereocenters. The van der Waals surface area contributed by atoms with Crippen LogP contribution in [-0.2, 0) is 19.2 Å². The molecule has 2 heterocycles. The van der Waals surface area contributed by atoms with E-state index in [1.54, 1.807) is 24.3 Å². The van der Waals surface area contributed by atoms with Gasteiger partial charge in [0.15, 0.2) is 0 Å². The van der Waals surface area contributed by atoms with Gasteiger partial charge in [-0.2, -0.15) is 0 Å². The Bertz CT molecular complexity index is 1110. The Morgan fingerprint density at radius 2 is 0.706 bits per heavy atom. The monoisotopic (exact) mass is 452 g/mol. The molecule has 2 saturated heterocycles. The second kappa shape index (κ2) is 7.90. The number of carbonyl (C=O) groups is 4. The number of nitrogens with zero attached hydrogens (tertiary/aromatic N) is 2. The zero-order chi connectivity index (χ0) is 23.4. The van der Waals surface area contributed by atoms with Crippen LogP contribution < -0.4 is 9.80 Å². The third-order valence-corrected chi connectivity index (χ3v) is 7.60. The van der Waals surface area contributed by atoms with Crippen LogP contribution in [0.3, 0.4) is 0 Å². The van der Waals surface area contributed by atoms with Crippen molar-refractivity contribution in [2.45, 2.75) is 25.7 Å². The van der Waals surface area contributed by atoms with E-state index in [1.807, 2.05) is 48.6 Å². The molecule has 4 aliphatic rings. The summed E-state index contributed by atoms with van der Waals surface area (Å²) in [6, 6.07) is 14.7. The Labute approximate surface area is 197 Å². The van der Waals surface area contributed by atoms with Crippen LogP contribution in [0.2, 0.25) is 0 Å². The molecule has 6 nitrogen and oxygen atoms in total. The van der Waals surface area contributed by atoms with Gasteiger partial charge < -0.3 is 0 Å². The minimum Gasteiger partial charge on any atom is -0.274 e. The number of allylic oxidation sites excluding steroid dienone is 4. The topological polar surface area (TPSA) is 74.8 Å². The van der Waals surface area contributed by atoms with E-state index in [9.17, 15) is 19.2 Å². The van der Waals surface area contributed by atoms with Gasteiger partial charge in [-0.05, 0) is 61.1 Å². The maximum Gasteiger partial charge on any atom is 0.238 e. The Morgan fingerprint density at radius 3 is 0.971 bits per heavy atom. The summed E-state index contributed by atoms with van der Waals surface area (Å²) in [5.74, 6) is -1.47. The number of amides is 4. The first-order valence-corrected chi connectivity index (χ1v) is 11.8. The molecule has 0 spiro atoms. The molecule has 2 aromatic rings. The quantitative estimate of drug-likeness (QED) is 0.515. The Kier molecular flexibility index (Phi) is 4.83. The summed E-state index contributed by atoms with van der Waals surface area (Å²) in [4.78, 5) is 53.9. The van der Waals surface area contributed by atoms with Crippen LogP contribution in [-0.4, -0.2) is 23.6 Å². The van der Waals surface area contributed by atoms with E-state index in [0.29, 0.717) is 37.1 Å². The molecule has 0 bridgehead atoms. The molecule has 0 aromatic heterocycles. The normalized spacial score (nSPS) is 28.0. The molecule has 0 unspecified atom stereocenters. The van der Waals surface area contributed by atoms with Crippen LogP contribution in [0.5, 0.6) is 0 Å². The first kappa shape index (κ1) is 20.8. The van der Waals surface area contributed by atoms with Crippen molar-refractivity contribution in [3.8, 4) is 11.1 Å². The summed E-state index contributed by atoms with van der Waals surface area (Å²) in [6.45, 7) is 0. The number of fused-ring (bicyclic) bond motifs is 2. The van der Waals surface area contributed by atoms with Gasteiger partial charge in [0.05, 0.1) is 35.0 Å². The Balaban J connectivity index is 1.21. The Hall–Kier alpha value is -3.80. The minimum atomic E-state index is -0.250. The first-order chi connectivity index (χ1) is 16.5. The van der Waals surface area contributed by atoms with Crippen molar-refractivity contribution >= 4 is 35.0 Å². The van der Waals surface area contributed by atoms with Crippen LogP contribution >= 0.6 is 0 Å². The molecule has 0 saturated carbocycles. The summed E-state index contributed by atoms with van der Waals surface area (Å²) in [7, 11) is 0. The number of anilines is 2.